The molecule has 0 aromatic heterocycles. The summed E-state index contributed by atoms with van der Waals surface area (Å²) in [5.41, 5.74) is 0.00917. The van der Waals surface area contributed by atoms with Gasteiger partial charge in [0, 0.05) is 23.7 Å². The van der Waals surface area contributed by atoms with Crippen LogP contribution >= 0.6 is 12.2 Å². The highest BCUT2D eigenvalue weighted by Gasteiger charge is 2.34. The average Bonchev–Trinajstić information content (AvgIpc) is 2.59. The number of alkyl halides is 3. The van der Waals surface area contributed by atoms with Crippen LogP contribution in [0, 0.1) is 0 Å². The normalized spacial score (nSPS) is 17.9. The Bertz CT molecular complexity index is 884. The number of hydrogen-bond acceptors (Lipinski definition) is 3. The van der Waals surface area contributed by atoms with Crippen molar-refractivity contribution < 1.29 is 22.6 Å². The molecule has 0 saturated heterocycles. The van der Waals surface area contributed by atoms with E-state index in [1.54, 1.807) is 7.11 Å². The van der Waals surface area contributed by atoms with E-state index < -0.39 is 17.3 Å². The minimum atomic E-state index is -4.41. The molecule has 0 spiro atoms. The minimum Gasteiger partial charge on any atom is -0.497 e. The van der Waals surface area contributed by atoms with Gasteiger partial charge in [0.15, 0.2) is 5.11 Å². The number of hydrogen-bond donors (Lipinski definition) is 2. The predicted molar refractivity (Wildman–Crippen MR) is 106 cm³/mol. The quantitative estimate of drug-likeness (QED) is 0.672. The molecule has 0 bridgehead atoms. The SMILES string of the molecule is COc1ccc2c(c1)OC(C)(C)C[C@H]2NC(=S)Nc1cccc(C(F)(F)F)c1. The first-order chi connectivity index (χ1) is 13.1. The zero-order chi connectivity index (χ0) is 20.5. The molecular weight excluding hydrogens is 389 g/mol. The van der Waals surface area contributed by atoms with E-state index in [-0.39, 0.29) is 16.8 Å². The van der Waals surface area contributed by atoms with Gasteiger partial charge in [0.1, 0.15) is 17.1 Å². The molecule has 2 aromatic carbocycles. The maximum absolute atomic E-state index is 12.9. The van der Waals surface area contributed by atoms with E-state index >= 15 is 0 Å². The van der Waals surface area contributed by atoms with Gasteiger partial charge in [0.2, 0.25) is 0 Å². The molecule has 3 rings (SSSR count). The third-order valence-corrected chi connectivity index (χ3v) is 4.65. The molecule has 150 valence electrons. The summed E-state index contributed by atoms with van der Waals surface area (Å²) in [6.45, 7) is 3.93. The summed E-state index contributed by atoms with van der Waals surface area (Å²) in [7, 11) is 1.58. The number of rotatable bonds is 3. The number of ether oxygens (including phenoxy) is 2. The Morgan fingerprint density at radius 1 is 1.21 bits per heavy atom. The van der Waals surface area contributed by atoms with Crippen LogP contribution in [0.1, 0.15) is 37.4 Å². The fourth-order valence-corrected chi connectivity index (χ4v) is 3.45. The Morgan fingerprint density at radius 2 is 1.96 bits per heavy atom. The number of benzene rings is 2. The van der Waals surface area contributed by atoms with Crippen molar-refractivity contribution in [3.8, 4) is 11.5 Å². The Balaban J connectivity index is 1.77. The Kier molecular flexibility index (Phi) is 5.43. The van der Waals surface area contributed by atoms with Gasteiger partial charge in [-0.15, -0.1) is 0 Å². The summed E-state index contributed by atoms with van der Waals surface area (Å²) in [6.07, 6.45) is -3.77. The maximum Gasteiger partial charge on any atom is 0.416 e. The second-order valence-corrected chi connectivity index (χ2v) is 7.61. The third kappa shape index (κ3) is 4.67. The number of fused-ring (bicyclic) bond motifs is 1. The molecule has 8 heteroatoms. The standard InChI is InChI=1S/C20H21F3N2O2S/c1-19(2)11-16(15-8-7-14(26-3)10-17(15)27-19)25-18(28)24-13-6-4-5-12(9-13)20(21,22)23/h4-10,16H,11H2,1-3H3,(H2,24,25,28)/t16-/m1/s1. The number of nitrogens with one attached hydrogen (secondary N) is 2. The highest BCUT2D eigenvalue weighted by molar-refractivity contribution is 7.80. The summed E-state index contributed by atoms with van der Waals surface area (Å²) in [6, 6.07) is 10.3. The monoisotopic (exact) mass is 410 g/mol. The van der Waals surface area contributed by atoms with Gasteiger partial charge >= 0.3 is 6.18 Å². The van der Waals surface area contributed by atoms with Gasteiger partial charge in [0.25, 0.3) is 0 Å². The van der Waals surface area contributed by atoms with Gasteiger partial charge in [0.05, 0.1) is 18.7 Å². The van der Waals surface area contributed by atoms with Crippen LogP contribution < -0.4 is 20.1 Å². The van der Waals surface area contributed by atoms with Crippen LogP contribution in [0.4, 0.5) is 18.9 Å². The Morgan fingerprint density at radius 3 is 2.64 bits per heavy atom. The fourth-order valence-electron chi connectivity index (χ4n) is 3.19. The second-order valence-electron chi connectivity index (χ2n) is 7.20. The van der Waals surface area contributed by atoms with Crippen molar-refractivity contribution in [2.24, 2.45) is 0 Å². The van der Waals surface area contributed by atoms with Gasteiger partial charge in [-0.3, -0.25) is 0 Å². The lowest BCUT2D eigenvalue weighted by Gasteiger charge is -2.38. The maximum atomic E-state index is 12.9. The van der Waals surface area contributed by atoms with Gasteiger partial charge in [-0.25, -0.2) is 0 Å². The fraction of sp³-hybridized carbons (Fsp3) is 0.350. The number of thiocarbonyl (C=S) groups is 1. The van der Waals surface area contributed by atoms with Crippen molar-refractivity contribution in [2.75, 3.05) is 12.4 Å². The number of halogens is 3. The molecule has 0 radical (unpaired) electrons. The zero-order valence-electron chi connectivity index (χ0n) is 15.7. The van der Waals surface area contributed by atoms with Crippen LogP contribution in [0.3, 0.4) is 0 Å². The lowest BCUT2D eigenvalue weighted by molar-refractivity contribution is -0.137. The molecule has 0 unspecified atom stereocenters. The first-order valence-corrected chi connectivity index (χ1v) is 9.10. The largest absolute Gasteiger partial charge is 0.497 e. The summed E-state index contributed by atoms with van der Waals surface area (Å²) >= 11 is 5.34. The van der Waals surface area contributed by atoms with E-state index in [0.717, 1.165) is 17.7 Å². The second kappa shape index (κ2) is 7.50. The lowest BCUT2D eigenvalue weighted by atomic mass is 9.89. The summed E-state index contributed by atoms with van der Waals surface area (Å²) in [5.74, 6) is 1.37. The first kappa shape index (κ1) is 20.3. The topological polar surface area (TPSA) is 42.5 Å². The van der Waals surface area contributed by atoms with Crippen LogP contribution in [0.25, 0.3) is 0 Å². The Hall–Kier alpha value is -2.48. The molecule has 2 N–H and O–H groups in total. The summed E-state index contributed by atoms with van der Waals surface area (Å²) in [5, 5.41) is 6.27. The number of methoxy groups -OCH3 is 1. The number of anilines is 1. The van der Waals surface area contributed by atoms with Crippen molar-refractivity contribution in [2.45, 2.75) is 38.1 Å². The van der Waals surface area contributed by atoms with Crippen LogP contribution in [0.5, 0.6) is 11.5 Å². The van der Waals surface area contributed by atoms with Gasteiger partial charge < -0.3 is 20.1 Å². The van der Waals surface area contributed by atoms with Crippen molar-refractivity contribution >= 4 is 23.0 Å². The zero-order valence-corrected chi connectivity index (χ0v) is 16.5. The molecule has 0 fully saturated rings. The molecule has 2 aromatic rings. The van der Waals surface area contributed by atoms with Crippen molar-refractivity contribution in [1.82, 2.24) is 5.32 Å². The molecule has 1 heterocycles. The molecule has 0 aliphatic carbocycles. The van der Waals surface area contributed by atoms with Gasteiger partial charge in [-0.05, 0) is 56.4 Å². The van der Waals surface area contributed by atoms with Crippen LogP contribution in [0.2, 0.25) is 0 Å². The first-order valence-electron chi connectivity index (χ1n) is 8.69. The van der Waals surface area contributed by atoms with Gasteiger partial charge in [-0.1, -0.05) is 6.07 Å². The minimum absolute atomic E-state index is 0.157. The van der Waals surface area contributed by atoms with Crippen molar-refractivity contribution in [3.05, 3.63) is 53.6 Å². The van der Waals surface area contributed by atoms with Gasteiger partial charge in [-0.2, -0.15) is 13.2 Å². The third-order valence-electron chi connectivity index (χ3n) is 4.43. The predicted octanol–water partition coefficient (Wildman–Crippen LogP) is 5.30. The van der Waals surface area contributed by atoms with E-state index in [9.17, 15) is 13.2 Å². The molecule has 1 aliphatic heterocycles. The van der Waals surface area contributed by atoms with E-state index in [1.165, 1.54) is 12.1 Å². The van der Waals surface area contributed by atoms with Crippen LogP contribution in [-0.2, 0) is 6.18 Å². The lowest BCUT2D eigenvalue weighted by Crippen LogP contribution is -2.42. The average molecular weight is 410 g/mol. The van der Waals surface area contributed by atoms with E-state index in [4.69, 9.17) is 21.7 Å². The molecule has 0 saturated carbocycles. The Labute approximate surface area is 167 Å². The molecule has 1 atom stereocenters. The molecule has 0 amide bonds. The summed E-state index contributed by atoms with van der Waals surface area (Å²) in [4.78, 5) is 0. The molecule has 4 nitrogen and oxygen atoms in total. The van der Waals surface area contributed by atoms with E-state index in [0.29, 0.717) is 17.9 Å². The summed E-state index contributed by atoms with van der Waals surface area (Å²) < 4.78 is 50.0. The van der Waals surface area contributed by atoms with E-state index in [1.807, 2.05) is 32.0 Å². The van der Waals surface area contributed by atoms with Crippen LogP contribution in [-0.4, -0.2) is 17.8 Å². The smallest absolute Gasteiger partial charge is 0.416 e. The van der Waals surface area contributed by atoms with E-state index in [2.05, 4.69) is 10.6 Å². The van der Waals surface area contributed by atoms with Crippen molar-refractivity contribution in [3.63, 3.8) is 0 Å². The molecular formula is C20H21F3N2O2S. The molecule has 28 heavy (non-hydrogen) atoms. The van der Waals surface area contributed by atoms with Crippen molar-refractivity contribution in [1.29, 1.82) is 0 Å². The highest BCUT2D eigenvalue weighted by atomic mass is 32.1. The van der Waals surface area contributed by atoms with Crippen LogP contribution in [0.15, 0.2) is 42.5 Å². The molecule has 1 aliphatic rings. The highest BCUT2D eigenvalue weighted by Crippen LogP contribution is 2.41.